The van der Waals surface area contributed by atoms with Crippen LogP contribution in [0.4, 0.5) is 0 Å². The maximum atomic E-state index is 11.5. The summed E-state index contributed by atoms with van der Waals surface area (Å²) in [5.74, 6) is 0.319. The molecule has 0 rings (SSSR count). The number of carbonyl (C=O) groups excluding carboxylic acids is 1. The molecule has 6 heteroatoms. The standard InChI is InChI=1S/C9H18O.H6N3OP/c1-8(2,3)7(10)9(4,5)6;1-5(2,3)4/h1-6H3;(H6,1,2,3,4). The lowest BCUT2D eigenvalue weighted by Crippen LogP contribution is -2.32. The highest BCUT2D eigenvalue weighted by atomic mass is 31.2. The smallest absolute Gasteiger partial charge is 0.271 e. The molecule has 0 aromatic rings. The van der Waals surface area contributed by atoms with Crippen molar-refractivity contribution in [2.75, 3.05) is 0 Å². The molecule has 0 spiro atoms. The number of ketones is 1. The third-order valence-corrected chi connectivity index (χ3v) is 1.36. The zero-order chi connectivity index (χ0) is 13.1. The first-order valence-electron chi connectivity index (χ1n) is 4.66. The molecule has 0 atom stereocenters. The maximum Gasteiger partial charge on any atom is 0.271 e. The van der Waals surface area contributed by atoms with Gasteiger partial charge in [-0.3, -0.25) is 25.9 Å². The van der Waals surface area contributed by atoms with Crippen molar-refractivity contribution in [2.45, 2.75) is 41.5 Å². The lowest BCUT2D eigenvalue weighted by atomic mass is 9.76. The van der Waals surface area contributed by atoms with E-state index in [0.29, 0.717) is 5.78 Å². The van der Waals surface area contributed by atoms with Crippen LogP contribution in [0.5, 0.6) is 0 Å². The van der Waals surface area contributed by atoms with Gasteiger partial charge in [-0.15, -0.1) is 0 Å². The Labute approximate surface area is 92.3 Å². The normalized spacial score (nSPS) is 12.9. The predicted molar refractivity (Wildman–Crippen MR) is 64.1 cm³/mol. The van der Waals surface area contributed by atoms with Gasteiger partial charge in [0.1, 0.15) is 5.78 Å². The van der Waals surface area contributed by atoms with Crippen LogP contribution in [0.3, 0.4) is 0 Å². The van der Waals surface area contributed by atoms with Gasteiger partial charge in [-0.25, -0.2) is 0 Å². The van der Waals surface area contributed by atoms with Gasteiger partial charge >= 0.3 is 0 Å². The van der Waals surface area contributed by atoms with E-state index in [9.17, 15) is 9.36 Å². The summed E-state index contributed by atoms with van der Waals surface area (Å²) in [6.45, 7) is 11.8. The second-order valence-corrected chi connectivity index (χ2v) is 7.12. The molecule has 0 aliphatic heterocycles. The molecule has 0 aromatic heterocycles. The van der Waals surface area contributed by atoms with Gasteiger partial charge in [0.05, 0.1) is 0 Å². The number of rotatable bonds is 0. The van der Waals surface area contributed by atoms with Gasteiger partial charge in [0.2, 0.25) is 0 Å². The van der Waals surface area contributed by atoms with Crippen molar-refractivity contribution in [3.05, 3.63) is 0 Å². The quantitative estimate of drug-likeness (QED) is 0.554. The molecule has 0 radical (unpaired) electrons. The number of Topliss-reactive ketones (excluding diaryl/α,β-unsaturated/α-hetero) is 1. The third-order valence-electron chi connectivity index (χ3n) is 1.36. The molecule has 0 heterocycles. The molecular formula is C9H24N3O2P. The minimum Gasteiger partial charge on any atom is -0.299 e. The van der Waals surface area contributed by atoms with Gasteiger partial charge in [-0.05, 0) is 0 Å². The molecule has 92 valence electrons. The summed E-state index contributed by atoms with van der Waals surface area (Å²) in [6.07, 6.45) is 0. The summed E-state index contributed by atoms with van der Waals surface area (Å²) in [4.78, 5) is 11.5. The van der Waals surface area contributed by atoms with Crippen molar-refractivity contribution in [1.29, 1.82) is 0 Å². The summed E-state index contributed by atoms with van der Waals surface area (Å²) in [5, 5.41) is 0. The van der Waals surface area contributed by atoms with E-state index in [2.05, 4.69) is 16.5 Å². The molecular weight excluding hydrogens is 213 g/mol. The Balaban J connectivity index is 0. The van der Waals surface area contributed by atoms with Gasteiger partial charge in [-0.1, -0.05) is 41.5 Å². The molecule has 6 N–H and O–H groups in total. The number of nitrogens with two attached hydrogens (primary N) is 3. The molecule has 0 aliphatic rings. The number of carbonyl (C=O) groups is 1. The maximum absolute atomic E-state index is 11.5. The first-order chi connectivity index (χ1) is 6.15. The number of hydrogen-bond donors (Lipinski definition) is 3. The summed E-state index contributed by atoms with van der Waals surface area (Å²) in [5.41, 5.74) is 13.0. The van der Waals surface area contributed by atoms with Crippen LogP contribution in [0.2, 0.25) is 0 Å². The van der Waals surface area contributed by atoms with Gasteiger partial charge in [0.25, 0.3) is 7.59 Å². The van der Waals surface area contributed by atoms with Crippen LogP contribution in [0.1, 0.15) is 41.5 Å². The Hall–Kier alpha value is -0.220. The van der Waals surface area contributed by atoms with Crippen LogP contribution < -0.4 is 16.5 Å². The van der Waals surface area contributed by atoms with E-state index in [0.717, 1.165) is 0 Å². The SMILES string of the molecule is CC(C)(C)C(=O)C(C)(C)C.NP(N)(N)=O. The van der Waals surface area contributed by atoms with Crippen molar-refractivity contribution < 1.29 is 9.36 Å². The van der Waals surface area contributed by atoms with Crippen molar-refractivity contribution >= 4 is 13.4 Å². The molecule has 0 amide bonds. The highest BCUT2D eigenvalue weighted by Gasteiger charge is 2.31. The van der Waals surface area contributed by atoms with Crippen LogP contribution in [0, 0.1) is 10.8 Å². The van der Waals surface area contributed by atoms with Crippen LogP contribution in [-0.2, 0) is 9.36 Å². The first-order valence-corrected chi connectivity index (χ1v) is 6.58. The predicted octanol–water partition coefficient (Wildman–Crippen LogP) is 1.62. The van der Waals surface area contributed by atoms with E-state index in [4.69, 9.17) is 0 Å². The average molecular weight is 237 g/mol. The Morgan fingerprint density at radius 3 is 1.00 bits per heavy atom. The minimum absolute atomic E-state index is 0.196. The largest absolute Gasteiger partial charge is 0.299 e. The minimum atomic E-state index is -3.14. The summed E-state index contributed by atoms with van der Waals surface area (Å²) in [6, 6.07) is 0. The van der Waals surface area contributed by atoms with E-state index < -0.39 is 7.59 Å². The third kappa shape index (κ3) is 13.8. The van der Waals surface area contributed by atoms with E-state index in [-0.39, 0.29) is 10.8 Å². The van der Waals surface area contributed by atoms with E-state index in [1.54, 1.807) is 0 Å². The molecule has 0 aromatic carbocycles. The zero-order valence-corrected chi connectivity index (χ0v) is 11.4. The summed E-state index contributed by atoms with van der Waals surface area (Å²) < 4.78 is 9.55. The van der Waals surface area contributed by atoms with Crippen LogP contribution in [0.25, 0.3) is 0 Å². The summed E-state index contributed by atoms with van der Waals surface area (Å²) in [7, 11) is -3.14. The van der Waals surface area contributed by atoms with Crippen LogP contribution in [-0.4, -0.2) is 5.78 Å². The Kier molecular flexibility index (Phi) is 5.97. The highest BCUT2D eigenvalue weighted by molar-refractivity contribution is 7.56. The van der Waals surface area contributed by atoms with E-state index >= 15 is 0 Å². The Morgan fingerprint density at radius 1 is 0.867 bits per heavy atom. The fourth-order valence-corrected chi connectivity index (χ4v) is 1.12. The van der Waals surface area contributed by atoms with Crippen molar-refractivity contribution in [2.24, 2.45) is 27.3 Å². The topological polar surface area (TPSA) is 112 Å². The molecule has 0 bridgehead atoms. The zero-order valence-electron chi connectivity index (χ0n) is 10.5. The fourth-order valence-electron chi connectivity index (χ4n) is 1.12. The number of hydrogen-bond acceptors (Lipinski definition) is 2. The lowest BCUT2D eigenvalue weighted by molar-refractivity contribution is -0.134. The van der Waals surface area contributed by atoms with E-state index in [1.807, 2.05) is 41.5 Å². The molecule has 15 heavy (non-hydrogen) atoms. The monoisotopic (exact) mass is 237 g/mol. The van der Waals surface area contributed by atoms with Gasteiger partial charge in [0.15, 0.2) is 0 Å². The lowest BCUT2D eigenvalue weighted by Gasteiger charge is -2.26. The second-order valence-electron chi connectivity index (χ2n) is 5.59. The fraction of sp³-hybridized carbons (Fsp3) is 0.889. The van der Waals surface area contributed by atoms with Crippen molar-refractivity contribution in [3.8, 4) is 0 Å². The van der Waals surface area contributed by atoms with Gasteiger partial charge in [0, 0.05) is 10.8 Å². The molecule has 0 fully saturated rings. The van der Waals surface area contributed by atoms with Gasteiger partial charge < -0.3 is 0 Å². The molecule has 0 saturated carbocycles. The van der Waals surface area contributed by atoms with Crippen molar-refractivity contribution in [1.82, 2.24) is 0 Å². The second kappa shape index (κ2) is 5.21. The van der Waals surface area contributed by atoms with Crippen molar-refractivity contribution in [3.63, 3.8) is 0 Å². The Bertz CT molecular complexity index is 233. The first kappa shape index (κ1) is 17.2. The highest BCUT2D eigenvalue weighted by Crippen LogP contribution is 2.27. The molecule has 0 aliphatic carbocycles. The van der Waals surface area contributed by atoms with Crippen LogP contribution in [0.15, 0.2) is 0 Å². The molecule has 0 unspecified atom stereocenters. The summed E-state index contributed by atoms with van der Waals surface area (Å²) >= 11 is 0. The average Bonchev–Trinajstić information content (AvgIpc) is 1.77. The Morgan fingerprint density at radius 2 is 1.00 bits per heavy atom. The van der Waals surface area contributed by atoms with E-state index in [1.165, 1.54) is 0 Å². The van der Waals surface area contributed by atoms with Gasteiger partial charge in [-0.2, -0.15) is 0 Å². The molecule has 0 saturated heterocycles. The van der Waals surface area contributed by atoms with Crippen LogP contribution >= 0.6 is 7.59 Å². The molecule has 5 nitrogen and oxygen atoms in total.